The number of nitrogens with one attached hydrogen (secondary N) is 1. The lowest BCUT2D eigenvalue weighted by molar-refractivity contribution is -0.00397. The number of ether oxygens (including phenoxy) is 1. The maximum Gasteiger partial charge on any atom is 0.335 e. The van der Waals surface area contributed by atoms with Gasteiger partial charge in [-0.05, 0) is 72.9 Å². The van der Waals surface area contributed by atoms with Crippen molar-refractivity contribution in [2.24, 2.45) is 0 Å². The number of carboxylic acids is 1. The van der Waals surface area contributed by atoms with Gasteiger partial charge in [0.2, 0.25) is 0 Å². The first-order valence-electron chi connectivity index (χ1n) is 12.8. The Morgan fingerprint density at radius 1 is 0.947 bits per heavy atom. The Bertz CT molecular complexity index is 1420. The molecule has 4 aromatic carbocycles. The molecule has 5 nitrogen and oxygen atoms in total. The van der Waals surface area contributed by atoms with Crippen LogP contribution in [0.4, 0.5) is 4.39 Å². The minimum absolute atomic E-state index is 0.0116. The molecule has 2 atom stereocenters. The van der Waals surface area contributed by atoms with Crippen LogP contribution in [0.2, 0.25) is 0 Å². The van der Waals surface area contributed by atoms with E-state index in [1.54, 1.807) is 12.1 Å². The van der Waals surface area contributed by atoms with Gasteiger partial charge in [0, 0.05) is 17.6 Å². The van der Waals surface area contributed by atoms with E-state index in [1.165, 1.54) is 28.5 Å². The van der Waals surface area contributed by atoms with Gasteiger partial charge >= 0.3 is 5.97 Å². The minimum Gasteiger partial charge on any atom is -0.478 e. The van der Waals surface area contributed by atoms with Crippen molar-refractivity contribution < 1.29 is 24.1 Å². The highest BCUT2D eigenvalue weighted by atomic mass is 19.1. The highest BCUT2D eigenvalue weighted by molar-refractivity contribution is 5.89. The largest absolute Gasteiger partial charge is 0.478 e. The summed E-state index contributed by atoms with van der Waals surface area (Å²) >= 11 is 0. The Balaban J connectivity index is 1.36. The molecule has 4 rings (SSSR count). The summed E-state index contributed by atoms with van der Waals surface area (Å²) in [6, 6.07) is 25.7. The molecule has 198 valence electrons. The molecular weight excluding hydrogens is 481 g/mol. The molecule has 0 bridgehead atoms. The predicted octanol–water partition coefficient (Wildman–Crippen LogP) is 6.39. The standard InChI is InChI=1S/C32H34FNO4/c1-21(27-10-6-7-11-28(27)29-17-25(31(36)37)14-15-30(29)33)38-20-26(35)19-34-32(2,3)18-22-12-13-23-8-4-5-9-24(23)16-22/h4-17,21,26,34-35H,18-20H2,1-3H3,(H,36,37)/t21?,26-/m1/s1. The molecule has 3 N–H and O–H groups in total. The quantitative estimate of drug-likeness (QED) is 0.216. The molecule has 0 aliphatic rings. The first-order chi connectivity index (χ1) is 18.1. The van der Waals surface area contributed by atoms with Gasteiger partial charge in [0.25, 0.3) is 0 Å². The normalized spacial score (nSPS) is 13.4. The van der Waals surface area contributed by atoms with Crippen molar-refractivity contribution in [3.05, 3.63) is 107 Å². The van der Waals surface area contributed by atoms with Crippen molar-refractivity contribution in [3.63, 3.8) is 0 Å². The summed E-state index contributed by atoms with van der Waals surface area (Å²) in [4.78, 5) is 11.4. The maximum atomic E-state index is 14.6. The summed E-state index contributed by atoms with van der Waals surface area (Å²) in [6.07, 6.45) is -0.386. The highest BCUT2D eigenvalue weighted by Gasteiger charge is 2.21. The highest BCUT2D eigenvalue weighted by Crippen LogP contribution is 2.32. The van der Waals surface area contributed by atoms with E-state index in [2.05, 4.69) is 49.5 Å². The Labute approximate surface area is 222 Å². The molecule has 0 aliphatic heterocycles. The summed E-state index contributed by atoms with van der Waals surface area (Å²) in [7, 11) is 0. The number of aliphatic hydroxyl groups excluding tert-OH is 1. The van der Waals surface area contributed by atoms with Crippen LogP contribution in [0.3, 0.4) is 0 Å². The molecule has 0 radical (unpaired) electrons. The number of rotatable bonds is 11. The van der Waals surface area contributed by atoms with Crippen LogP contribution in [-0.2, 0) is 11.2 Å². The van der Waals surface area contributed by atoms with Gasteiger partial charge in [-0.15, -0.1) is 0 Å². The van der Waals surface area contributed by atoms with Crippen molar-refractivity contribution in [2.45, 2.75) is 44.9 Å². The van der Waals surface area contributed by atoms with Crippen LogP contribution in [0.1, 0.15) is 48.4 Å². The average Bonchev–Trinajstić information content (AvgIpc) is 2.90. The van der Waals surface area contributed by atoms with Crippen LogP contribution in [0.15, 0.2) is 84.9 Å². The smallest absolute Gasteiger partial charge is 0.335 e. The van der Waals surface area contributed by atoms with Crippen molar-refractivity contribution in [1.82, 2.24) is 5.32 Å². The van der Waals surface area contributed by atoms with Crippen molar-refractivity contribution in [1.29, 1.82) is 0 Å². The van der Waals surface area contributed by atoms with Crippen molar-refractivity contribution in [2.75, 3.05) is 13.2 Å². The van der Waals surface area contributed by atoms with Gasteiger partial charge in [0.15, 0.2) is 0 Å². The van der Waals surface area contributed by atoms with E-state index in [9.17, 15) is 19.4 Å². The van der Waals surface area contributed by atoms with E-state index >= 15 is 0 Å². The van der Waals surface area contributed by atoms with Crippen LogP contribution in [0.5, 0.6) is 0 Å². The third-order valence-electron chi connectivity index (χ3n) is 6.72. The monoisotopic (exact) mass is 515 g/mol. The average molecular weight is 516 g/mol. The molecule has 6 heteroatoms. The second-order valence-corrected chi connectivity index (χ2v) is 10.3. The van der Waals surface area contributed by atoms with E-state index in [-0.39, 0.29) is 23.3 Å². The number of benzene rings is 4. The summed E-state index contributed by atoms with van der Waals surface area (Å²) in [5.41, 5.74) is 2.46. The molecule has 0 spiro atoms. The number of β-amino-alcohol motifs (C(OH)–C–C–N with tert-alkyl or cyclic N) is 1. The van der Waals surface area contributed by atoms with Crippen molar-refractivity contribution >= 4 is 16.7 Å². The first-order valence-corrected chi connectivity index (χ1v) is 12.8. The van der Waals surface area contributed by atoms with E-state index < -0.39 is 24.0 Å². The molecular formula is C32H34FNO4. The number of aromatic carboxylic acids is 1. The minimum atomic E-state index is -1.12. The summed E-state index contributed by atoms with van der Waals surface area (Å²) in [5, 5.41) is 25.8. The van der Waals surface area contributed by atoms with Gasteiger partial charge < -0.3 is 20.3 Å². The number of carboxylic acid groups (broad SMARTS) is 1. The second-order valence-electron chi connectivity index (χ2n) is 10.3. The number of halogens is 1. The van der Waals surface area contributed by atoms with E-state index in [0.29, 0.717) is 17.7 Å². The van der Waals surface area contributed by atoms with Gasteiger partial charge in [0.1, 0.15) is 5.82 Å². The zero-order valence-electron chi connectivity index (χ0n) is 21.9. The van der Waals surface area contributed by atoms with Crippen molar-refractivity contribution in [3.8, 4) is 11.1 Å². The fourth-order valence-corrected chi connectivity index (χ4v) is 4.68. The zero-order valence-corrected chi connectivity index (χ0v) is 21.9. The van der Waals surface area contributed by atoms with Crippen LogP contribution < -0.4 is 5.32 Å². The number of aliphatic hydroxyl groups is 1. The summed E-state index contributed by atoms with van der Waals surface area (Å²) < 4.78 is 20.6. The lowest BCUT2D eigenvalue weighted by Crippen LogP contribution is -2.46. The molecule has 0 heterocycles. The maximum absolute atomic E-state index is 14.6. The number of fused-ring (bicyclic) bond motifs is 1. The molecule has 0 aromatic heterocycles. The molecule has 0 saturated heterocycles. The second kappa shape index (κ2) is 11.9. The zero-order chi connectivity index (χ0) is 27.3. The fourth-order valence-electron chi connectivity index (χ4n) is 4.68. The van der Waals surface area contributed by atoms with Gasteiger partial charge in [0.05, 0.1) is 24.4 Å². The Hall–Kier alpha value is -3.58. The molecule has 0 amide bonds. The van der Waals surface area contributed by atoms with Gasteiger partial charge in [-0.1, -0.05) is 66.7 Å². The van der Waals surface area contributed by atoms with Gasteiger partial charge in [-0.2, -0.15) is 0 Å². The Kier molecular flexibility index (Phi) is 8.57. The Morgan fingerprint density at radius 2 is 1.66 bits per heavy atom. The van der Waals surface area contributed by atoms with Crippen LogP contribution in [-0.4, -0.2) is 41.0 Å². The van der Waals surface area contributed by atoms with Crippen LogP contribution >= 0.6 is 0 Å². The SMILES string of the molecule is CC(OC[C@H](O)CNC(C)(C)Cc1ccc2ccccc2c1)c1ccccc1-c1cc(C(=O)O)ccc1F. The molecule has 4 aromatic rings. The number of hydrogen-bond donors (Lipinski definition) is 3. The first kappa shape index (κ1) is 27.5. The molecule has 0 fully saturated rings. The summed E-state index contributed by atoms with van der Waals surface area (Å²) in [5.74, 6) is -1.63. The molecule has 1 unspecified atom stereocenters. The van der Waals surface area contributed by atoms with Crippen LogP contribution in [0, 0.1) is 5.82 Å². The number of hydrogen-bond acceptors (Lipinski definition) is 4. The molecule has 0 aliphatic carbocycles. The molecule has 38 heavy (non-hydrogen) atoms. The lowest BCUT2D eigenvalue weighted by atomic mass is 9.93. The third-order valence-corrected chi connectivity index (χ3v) is 6.72. The molecule has 0 saturated carbocycles. The van der Waals surface area contributed by atoms with Gasteiger partial charge in [-0.3, -0.25) is 0 Å². The fraction of sp³-hybridized carbons (Fsp3) is 0.281. The topological polar surface area (TPSA) is 78.8 Å². The van der Waals surface area contributed by atoms with E-state index in [0.717, 1.165) is 12.5 Å². The van der Waals surface area contributed by atoms with Gasteiger partial charge in [-0.25, -0.2) is 9.18 Å². The lowest BCUT2D eigenvalue weighted by Gasteiger charge is -2.28. The third kappa shape index (κ3) is 6.84. The van der Waals surface area contributed by atoms with Crippen LogP contribution in [0.25, 0.3) is 21.9 Å². The summed E-state index contributed by atoms with van der Waals surface area (Å²) in [6.45, 7) is 6.49. The van der Waals surface area contributed by atoms with E-state index in [1.807, 2.05) is 31.2 Å². The van der Waals surface area contributed by atoms with E-state index in [4.69, 9.17) is 4.74 Å². The number of carbonyl (C=O) groups is 1. The Morgan fingerprint density at radius 3 is 2.42 bits per heavy atom. The predicted molar refractivity (Wildman–Crippen MR) is 149 cm³/mol.